The lowest BCUT2D eigenvalue weighted by Gasteiger charge is -2.08. The van der Waals surface area contributed by atoms with Crippen LogP contribution in [0.2, 0.25) is 0 Å². The van der Waals surface area contributed by atoms with Gasteiger partial charge in [-0.25, -0.2) is 9.64 Å². The Morgan fingerprint density at radius 3 is 1.37 bits per heavy atom. The molecule has 294 valence electrons. The first-order chi connectivity index (χ1) is 24.3. The number of nitrogens with one attached hydrogen (secondary N) is 1. The van der Waals surface area contributed by atoms with E-state index in [1.165, 1.54) is 14.1 Å². The molecule has 0 fully saturated rings. The van der Waals surface area contributed by atoms with Gasteiger partial charge in [0.2, 0.25) is 0 Å². The quantitative estimate of drug-likeness (QED) is 0.151. The Bertz CT molecular complexity index is 2260. The van der Waals surface area contributed by atoms with Gasteiger partial charge in [-0.2, -0.15) is 52.7 Å². The van der Waals surface area contributed by atoms with Gasteiger partial charge < -0.3 is 23.8 Å². The maximum absolute atomic E-state index is 12.2. The number of pyridine rings is 4. The lowest BCUT2D eigenvalue weighted by molar-refractivity contribution is -0.138. The summed E-state index contributed by atoms with van der Waals surface area (Å²) in [6.45, 7) is 6.53. The van der Waals surface area contributed by atoms with Gasteiger partial charge in [-0.3, -0.25) is 19.2 Å². The Labute approximate surface area is 308 Å². The Kier molecular flexibility index (Phi) is 15.5. The molecule has 0 aromatic carbocycles. The van der Waals surface area contributed by atoms with Gasteiger partial charge in [0.1, 0.15) is 5.56 Å². The predicted octanol–water partition coefficient (Wildman–Crippen LogP) is 7.38. The molecule has 0 saturated carbocycles. The minimum Gasteiger partial charge on any atom is -0.477 e. The van der Waals surface area contributed by atoms with Crippen LogP contribution in [0.1, 0.15) is 32.6 Å². The summed E-state index contributed by atoms with van der Waals surface area (Å²) in [4.78, 5) is 58.9. The van der Waals surface area contributed by atoms with E-state index in [0.29, 0.717) is 35.3 Å². The maximum atomic E-state index is 12.2. The van der Waals surface area contributed by atoms with E-state index >= 15 is 0 Å². The SMILES string of the molecule is Cn1cc(C(F)(F)F)cc(Br)c1=O.Cn1cc(C(F)(F)F)cc(C(=O)O)c1=O.O=c1[nH]cc(C(F)(F)F)cc1Br.[C-]#[N+]c1cc(C(F)(F)F)cn(C)c1=O. The van der Waals surface area contributed by atoms with Crippen LogP contribution in [-0.2, 0) is 45.8 Å². The summed E-state index contributed by atoms with van der Waals surface area (Å²) in [5.74, 6) is -1.68. The molecule has 0 radical (unpaired) electrons. The molecule has 0 amide bonds. The first-order valence-corrected chi connectivity index (χ1v) is 15.0. The molecule has 0 unspecified atom stereocenters. The number of hydrogen-bond donors (Lipinski definition) is 2. The molecule has 2 N–H and O–H groups in total. The van der Waals surface area contributed by atoms with Crippen molar-refractivity contribution in [1.29, 1.82) is 0 Å². The van der Waals surface area contributed by atoms with Crippen molar-refractivity contribution in [3.05, 3.63) is 139 Å². The van der Waals surface area contributed by atoms with Crippen LogP contribution in [0.15, 0.2) is 77.2 Å². The number of H-pyrrole nitrogens is 1. The number of aromatic nitrogens is 4. The zero-order chi connectivity index (χ0) is 42.3. The number of carboxylic acids is 1. The second kappa shape index (κ2) is 17.8. The fourth-order valence-corrected chi connectivity index (χ4v) is 4.28. The van der Waals surface area contributed by atoms with Crippen LogP contribution in [0.5, 0.6) is 0 Å². The van der Waals surface area contributed by atoms with Gasteiger partial charge in [-0.1, -0.05) is 0 Å². The van der Waals surface area contributed by atoms with Crippen LogP contribution in [0.4, 0.5) is 58.4 Å². The molecule has 4 rings (SSSR count). The van der Waals surface area contributed by atoms with Crippen LogP contribution in [-0.4, -0.2) is 29.8 Å². The number of alkyl halides is 12. The third kappa shape index (κ3) is 13.4. The van der Waals surface area contributed by atoms with E-state index in [4.69, 9.17) is 11.7 Å². The number of aromatic carboxylic acids is 1. The van der Waals surface area contributed by atoms with Crippen molar-refractivity contribution in [3.63, 3.8) is 0 Å². The highest BCUT2D eigenvalue weighted by Gasteiger charge is 2.34. The van der Waals surface area contributed by atoms with E-state index in [0.717, 1.165) is 34.5 Å². The van der Waals surface area contributed by atoms with Crippen molar-refractivity contribution < 1.29 is 62.6 Å². The predicted molar refractivity (Wildman–Crippen MR) is 171 cm³/mol. The zero-order valence-corrected chi connectivity index (χ0v) is 29.9. The summed E-state index contributed by atoms with van der Waals surface area (Å²) >= 11 is 5.45. The monoisotopic (exact) mass is 919 g/mol. The van der Waals surface area contributed by atoms with Crippen molar-refractivity contribution in [3.8, 4) is 0 Å². The second-order valence-electron chi connectivity index (χ2n) is 10.1. The first-order valence-electron chi connectivity index (χ1n) is 13.4. The average Bonchev–Trinajstić information content (AvgIpc) is 3.02. The molecule has 4 heterocycles. The van der Waals surface area contributed by atoms with Gasteiger partial charge in [0, 0.05) is 45.9 Å². The van der Waals surface area contributed by atoms with E-state index in [1.807, 2.05) is 4.98 Å². The summed E-state index contributed by atoms with van der Waals surface area (Å²) in [6, 6.07) is 2.38. The standard InChI is InChI=1S/C8H5F3N2O.C8H6F3NO3.C7H5BrF3NO.C6H3BrF3NO/c1-12-6-3-5(8(9,10)11)4-13(2)7(6)14;1-12-3-4(8(9,10)11)2-5(6(12)13)7(14)15;1-12-3-4(7(9,10)11)2-5(8)6(12)13;7-4-1-3(6(8,9)10)2-11-5(4)12/h3-4H,2H3;2-3H,1H3,(H,14,15);2-3H,1H3;1-2H,(H,11,12). The van der Waals surface area contributed by atoms with Crippen molar-refractivity contribution >= 4 is 43.5 Å². The molecule has 0 aliphatic rings. The molecule has 0 spiro atoms. The molecular formula is C29H19Br2F12N5O6. The fourth-order valence-electron chi connectivity index (χ4n) is 3.40. The van der Waals surface area contributed by atoms with Crippen molar-refractivity contribution in [1.82, 2.24) is 18.7 Å². The van der Waals surface area contributed by atoms with Crippen LogP contribution in [0.3, 0.4) is 0 Å². The average molecular weight is 921 g/mol. The van der Waals surface area contributed by atoms with Crippen LogP contribution >= 0.6 is 31.9 Å². The minimum absolute atomic E-state index is 0.0928. The van der Waals surface area contributed by atoms with Gasteiger partial charge in [0.15, 0.2) is 0 Å². The van der Waals surface area contributed by atoms with Gasteiger partial charge in [-0.15, -0.1) is 0 Å². The Morgan fingerprint density at radius 1 is 0.630 bits per heavy atom. The van der Waals surface area contributed by atoms with Gasteiger partial charge in [0.05, 0.1) is 37.8 Å². The Morgan fingerprint density at radius 2 is 1.00 bits per heavy atom. The maximum Gasteiger partial charge on any atom is 0.417 e. The molecule has 54 heavy (non-hydrogen) atoms. The number of carboxylic acid groups (broad SMARTS) is 1. The van der Waals surface area contributed by atoms with Crippen LogP contribution < -0.4 is 22.2 Å². The molecule has 0 saturated heterocycles. The van der Waals surface area contributed by atoms with Crippen molar-refractivity contribution in [2.24, 2.45) is 21.1 Å². The Balaban J connectivity index is 0.000000361. The minimum atomic E-state index is -4.67. The van der Waals surface area contributed by atoms with Crippen molar-refractivity contribution in [2.45, 2.75) is 24.7 Å². The summed E-state index contributed by atoms with van der Waals surface area (Å²) < 4.78 is 148. The topological polar surface area (TPSA) is 141 Å². The highest BCUT2D eigenvalue weighted by atomic mass is 79.9. The highest BCUT2D eigenvalue weighted by molar-refractivity contribution is 9.10. The summed E-state index contributed by atoms with van der Waals surface area (Å²) in [7, 11) is 3.50. The molecule has 25 heteroatoms. The smallest absolute Gasteiger partial charge is 0.417 e. The summed E-state index contributed by atoms with van der Waals surface area (Å²) in [5, 5.41) is 8.50. The fraction of sp³-hybridized carbons (Fsp3) is 0.241. The third-order valence-corrected chi connectivity index (χ3v) is 7.16. The normalized spacial score (nSPS) is 11.5. The molecule has 4 aromatic rings. The lowest BCUT2D eigenvalue weighted by Crippen LogP contribution is -2.26. The molecule has 11 nitrogen and oxygen atoms in total. The van der Waals surface area contributed by atoms with E-state index in [9.17, 15) is 76.7 Å². The molecule has 0 aliphatic carbocycles. The number of halogens is 14. The molecule has 0 aliphatic heterocycles. The van der Waals surface area contributed by atoms with E-state index in [2.05, 4.69) is 36.7 Å². The Hall–Kier alpha value is -5.12. The number of carbonyl (C=O) groups is 1. The molecule has 0 bridgehead atoms. The first kappa shape index (κ1) is 46.9. The van der Waals surface area contributed by atoms with Crippen LogP contribution in [0, 0.1) is 6.57 Å². The number of hydrogen-bond acceptors (Lipinski definition) is 5. The largest absolute Gasteiger partial charge is 0.477 e. The van der Waals surface area contributed by atoms with E-state index < -0.39 is 86.4 Å². The molecular weight excluding hydrogens is 902 g/mol. The highest BCUT2D eigenvalue weighted by Crippen LogP contribution is 2.32. The van der Waals surface area contributed by atoms with Gasteiger partial charge >= 0.3 is 30.7 Å². The number of rotatable bonds is 1. The van der Waals surface area contributed by atoms with Crippen LogP contribution in [0.25, 0.3) is 4.85 Å². The summed E-state index contributed by atoms with van der Waals surface area (Å²) in [6.07, 6.45) is -15.5. The third-order valence-electron chi connectivity index (χ3n) is 6.01. The van der Waals surface area contributed by atoms with Gasteiger partial charge in [-0.05, 0) is 56.1 Å². The summed E-state index contributed by atoms with van der Waals surface area (Å²) in [5.41, 5.74) is -8.09. The molecule has 4 aromatic heterocycles. The number of aryl methyl sites for hydroxylation is 3. The second-order valence-corrected chi connectivity index (χ2v) is 11.8. The zero-order valence-electron chi connectivity index (χ0n) is 26.7. The van der Waals surface area contributed by atoms with Gasteiger partial charge in [0.25, 0.3) is 27.9 Å². The van der Waals surface area contributed by atoms with E-state index in [-0.39, 0.29) is 8.95 Å². The molecule has 0 atom stereocenters. The number of aromatic amines is 1. The van der Waals surface area contributed by atoms with Crippen molar-refractivity contribution in [2.75, 3.05) is 0 Å². The van der Waals surface area contributed by atoms with E-state index in [1.54, 1.807) is 0 Å². The number of nitrogens with zero attached hydrogens (tertiary/aromatic N) is 4. The lowest BCUT2D eigenvalue weighted by atomic mass is 10.2.